The molecule has 3 atom stereocenters. The molecular formula is C43H53F3N6O4S. The third-order valence-electron chi connectivity index (χ3n) is 10.7. The number of carbonyl (C=O) groups excluding carboxylic acids is 1. The van der Waals surface area contributed by atoms with Gasteiger partial charge in [0.1, 0.15) is 28.7 Å². The van der Waals surface area contributed by atoms with E-state index in [1.807, 2.05) is 87.4 Å². The maximum absolute atomic E-state index is 15.2. The fourth-order valence-corrected chi connectivity index (χ4v) is 8.18. The molecule has 2 aromatic carbocycles. The second kappa shape index (κ2) is 17.0. The van der Waals surface area contributed by atoms with Crippen molar-refractivity contribution in [2.75, 3.05) is 49.9 Å². The van der Waals surface area contributed by atoms with Crippen molar-refractivity contribution >= 4 is 29.5 Å². The summed E-state index contributed by atoms with van der Waals surface area (Å²) in [5.74, 6) is 1.91. The molecule has 14 heteroatoms. The molecule has 2 unspecified atom stereocenters. The lowest BCUT2D eigenvalue weighted by molar-refractivity contribution is -0.139. The van der Waals surface area contributed by atoms with E-state index in [1.165, 1.54) is 18.7 Å². The number of alkyl halides is 3. The number of aryl methyl sites for hydroxylation is 1. The van der Waals surface area contributed by atoms with E-state index in [2.05, 4.69) is 11.8 Å². The summed E-state index contributed by atoms with van der Waals surface area (Å²) in [4.78, 5) is 33.7. The van der Waals surface area contributed by atoms with E-state index in [9.17, 15) is 4.79 Å². The van der Waals surface area contributed by atoms with Gasteiger partial charge in [0.05, 0.1) is 31.2 Å². The highest BCUT2D eigenvalue weighted by Crippen LogP contribution is 2.46. The van der Waals surface area contributed by atoms with E-state index in [1.54, 1.807) is 25.2 Å². The highest BCUT2D eigenvalue weighted by atomic mass is 32.2. The van der Waals surface area contributed by atoms with Crippen LogP contribution in [0, 0.1) is 12.8 Å². The van der Waals surface area contributed by atoms with Gasteiger partial charge in [-0.05, 0) is 107 Å². The molecular weight excluding hydrogens is 754 g/mol. The Hall–Kier alpha value is -4.72. The summed E-state index contributed by atoms with van der Waals surface area (Å²) in [5, 5.41) is 0.554. The smallest absolute Gasteiger partial charge is 0.418 e. The first-order valence-corrected chi connectivity index (χ1v) is 20.5. The fraction of sp³-hybridized carbons (Fsp3) is 0.488. The molecule has 1 amide bonds. The van der Waals surface area contributed by atoms with Crippen molar-refractivity contribution in [3.63, 3.8) is 0 Å². The molecule has 1 saturated heterocycles. The first-order chi connectivity index (χ1) is 27.0. The molecule has 306 valence electrons. The third kappa shape index (κ3) is 9.70. The van der Waals surface area contributed by atoms with Crippen LogP contribution in [0.3, 0.4) is 0 Å². The predicted octanol–water partition coefficient (Wildman–Crippen LogP) is 9.11. The molecule has 4 aromatic rings. The maximum Gasteiger partial charge on any atom is 0.418 e. The number of nitrogens with zero attached hydrogens (tertiary/aromatic N) is 6. The van der Waals surface area contributed by atoms with Crippen LogP contribution >= 0.6 is 11.8 Å². The normalized spacial score (nSPS) is 18.6. The SMILES string of the molecule is COc1ccc(CN(Cc2ccc(OC)cc2)c2cc(C)c(C(F)(F)F)c(C3Cc4nc(SC)nc(N5CCN(C(=O)OC(C)(C)C)C[C@@H]5C)c4CC3C)n2)cc1. The molecule has 6 rings (SSSR count). The van der Waals surface area contributed by atoms with Crippen LogP contribution in [-0.4, -0.2) is 77.7 Å². The van der Waals surface area contributed by atoms with Gasteiger partial charge >= 0.3 is 12.3 Å². The number of piperazine rings is 1. The van der Waals surface area contributed by atoms with Crippen molar-refractivity contribution in [3.05, 3.63) is 93.8 Å². The first kappa shape index (κ1) is 41.9. The third-order valence-corrected chi connectivity index (χ3v) is 11.2. The Morgan fingerprint density at radius 1 is 0.895 bits per heavy atom. The average Bonchev–Trinajstić information content (AvgIpc) is 3.16. The highest BCUT2D eigenvalue weighted by molar-refractivity contribution is 7.98. The van der Waals surface area contributed by atoms with Crippen LogP contribution in [-0.2, 0) is 36.8 Å². The van der Waals surface area contributed by atoms with Gasteiger partial charge in [-0.25, -0.2) is 19.7 Å². The van der Waals surface area contributed by atoms with Crippen molar-refractivity contribution in [1.82, 2.24) is 19.9 Å². The van der Waals surface area contributed by atoms with Crippen LogP contribution in [0.15, 0.2) is 59.8 Å². The number of thioether (sulfide) groups is 1. The Labute approximate surface area is 338 Å². The largest absolute Gasteiger partial charge is 0.497 e. The minimum Gasteiger partial charge on any atom is -0.497 e. The number of rotatable bonds is 10. The van der Waals surface area contributed by atoms with Crippen LogP contribution in [0.1, 0.15) is 79.7 Å². The Morgan fingerprint density at radius 2 is 1.49 bits per heavy atom. The van der Waals surface area contributed by atoms with E-state index in [0.29, 0.717) is 61.6 Å². The highest BCUT2D eigenvalue weighted by Gasteiger charge is 2.43. The summed E-state index contributed by atoms with van der Waals surface area (Å²) in [6.45, 7) is 13.4. The Morgan fingerprint density at radius 3 is 2.00 bits per heavy atom. The lowest BCUT2D eigenvalue weighted by Crippen LogP contribution is -2.55. The Bertz CT molecular complexity index is 1990. The average molecular weight is 807 g/mol. The predicted molar refractivity (Wildman–Crippen MR) is 218 cm³/mol. The topological polar surface area (TPSA) is 93.2 Å². The van der Waals surface area contributed by atoms with E-state index < -0.39 is 23.3 Å². The zero-order valence-electron chi connectivity index (χ0n) is 34.2. The van der Waals surface area contributed by atoms with Crippen molar-refractivity contribution < 1.29 is 32.2 Å². The van der Waals surface area contributed by atoms with Crippen LogP contribution in [0.4, 0.5) is 29.6 Å². The van der Waals surface area contributed by atoms with Gasteiger partial charge in [-0.1, -0.05) is 43.0 Å². The molecule has 3 heterocycles. The van der Waals surface area contributed by atoms with Gasteiger partial charge in [0.2, 0.25) is 0 Å². The summed E-state index contributed by atoms with van der Waals surface area (Å²) in [6, 6.07) is 16.8. The molecule has 1 aliphatic carbocycles. The lowest BCUT2D eigenvalue weighted by atomic mass is 9.75. The lowest BCUT2D eigenvalue weighted by Gasteiger charge is -2.42. The number of halogens is 3. The monoisotopic (exact) mass is 806 g/mol. The number of carbonyl (C=O) groups is 1. The molecule has 1 aliphatic heterocycles. The minimum absolute atomic E-state index is 0.0373. The molecule has 10 nitrogen and oxygen atoms in total. The number of aromatic nitrogens is 3. The maximum atomic E-state index is 15.2. The van der Waals surface area contributed by atoms with E-state index in [0.717, 1.165) is 28.2 Å². The molecule has 2 aromatic heterocycles. The number of amides is 1. The zero-order chi connectivity index (χ0) is 41.2. The molecule has 2 aliphatic rings. The van der Waals surface area contributed by atoms with Crippen LogP contribution < -0.4 is 19.3 Å². The Kier molecular flexibility index (Phi) is 12.5. The van der Waals surface area contributed by atoms with Crippen molar-refractivity contribution in [1.29, 1.82) is 0 Å². The van der Waals surface area contributed by atoms with Crippen molar-refractivity contribution in [2.24, 2.45) is 5.92 Å². The summed E-state index contributed by atoms with van der Waals surface area (Å²) in [5.41, 5.74) is 2.46. The molecule has 1 fully saturated rings. The second-order valence-electron chi connectivity index (χ2n) is 16.0. The number of benzene rings is 2. The number of pyridine rings is 1. The summed E-state index contributed by atoms with van der Waals surface area (Å²) < 4.78 is 61.8. The van der Waals surface area contributed by atoms with E-state index in [-0.39, 0.29) is 35.7 Å². The van der Waals surface area contributed by atoms with Gasteiger partial charge in [0.15, 0.2) is 5.16 Å². The molecule has 0 N–H and O–H groups in total. The van der Waals surface area contributed by atoms with Gasteiger partial charge in [0.25, 0.3) is 0 Å². The summed E-state index contributed by atoms with van der Waals surface area (Å²) >= 11 is 1.40. The summed E-state index contributed by atoms with van der Waals surface area (Å²) in [6.07, 6.45) is -2.31. The molecule has 57 heavy (non-hydrogen) atoms. The van der Waals surface area contributed by atoms with Crippen molar-refractivity contribution in [2.45, 2.75) is 96.4 Å². The van der Waals surface area contributed by atoms with Gasteiger partial charge in [-0.3, -0.25) is 0 Å². The number of methoxy groups -OCH3 is 2. The summed E-state index contributed by atoms with van der Waals surface area (Å²) in [7, 11) is 3.22. The number of hydrogen-bond acceptors (Lipinski definition) is 10. The van der Waals surface area contributed by atoms with Crippen LogP contribution in [0.25, 0.3) is 0 Å². The molecule has 0 spiro atoms. The van der Waals surface area contributed by atoms with Gasteiger partial charge < -0.3 is 28.9 Å². The standard InChI is InChI=1S/C43H53F3N6O4S/c1-26-20-34-35(47-40(57-9)49-39(34)52-19-18-50(23-28(52)3)41(53)56-42(4,5)6)22-33(26)38-37(43(44,45)46)27(2)21-36(48-38)51(24-29-10-14-31(54-7)15-11-29)25-30-12-16-32(55-8)17-13-30/h10-17,21,26,28,33H,18-20,22-25H2,1-9H3/t26?,28-,33?/m0/s1. The van der Waals surface area contributed by atoms with Crippen LogP contribution in [0.2, 0.25) is 0 Å². The molecule has 0 radical (unpaired) electrons. The molecule has 0 bridgehead atoms. The van der Waals surface area contributed by atoms with Gasteiger partial charge in [-0.2, -0.15) is 13.2 Å². The first-order valence-electron chi connectivity index (χ1n) is 19.3. The number of anilines is 2. The van der Waals surface area contributed by atoms with Crippen LogP contribution in [0.5, 0.6) is 11.5 Å². The fourth-order valence-electron chi connectivity index (χ4n) is 7.81. The molecule has 0 saturated carbocycles. The second-order valence-corrected chi connectivity index (χ2v) is 16.8. The van der Waals surface area contributed by atoms with E-state index in [4.69, 9.17) is 29.2 Å². The number of ether oxygens (including phenoxy) is 3. The van der Waals surface area contributed by atoms with Crippen molar-refractivity contribution in [3.8, 4) is 11.5 Å². The Balaban J connectivity index is 1.38. The zero-order valence-corrected chi connectivity index (χ0v) is 35.1. The number of fused-ring (bicyclic) bond motifs is 1. The van der Waals surface area contributed by atoms with E-state index >= 15 is 13.2 Å². The minimum atomic E-state index is -4.62. The quantitative estimate of drug-likeness (QED) is 0.114. The number of hydrogen-bond donors (Lipinski definition) is 0. The van der Waals surface area contributed by atoms with Gasteiger partial charge in [0, 0.05) is 50.2 Å². The van der Waals surface area contributed by atoms with Gasteiger partial charge in [-0.15, -0.1) is 0 Å².